The summed E-state index contributed by atoms with van der Waals surface area (Å²) in [7, 11) is -1.41. The Labute approximate surface area is 107 Å². The number of aryl methyl sites for hydroxylation is 1. The summed E-state index contributed by atoms with van der Waals surface area (Å²) in [6, 6.07) is -0.256. The average Bonchev–Trinajstić information content (AvgIpc) is 2.64. The second kappa shape index (κ2) is 6.44. The van der Waals surface area contributed by atoms with Gasteiger partial charge in [0.15, 0.2) is 0 Å². The van der Waals surface area contributed by atoms with Crippen LogP contribution in [0.25, 0.3) is 0 Å². The van der Waals surface area contributed by atoms with Crippen LogP contribution in [0.5, 0.6) is 0 Å². The normalized spacial score (nSPS) is 13.8. The highest BCUT2D eigenvalue weighted by Crippen LogP contribution is 2.19. The van der Waals surface area contributed by atoms with Crippen LogP contribution in [-0.4, -0.2) is 32.7 Å². The van der Waals surface area contributed by atoms with E-state index in [0.29, 0.717) is 13.0 Å². The first-order valence-electron chi connectivity index (χ1n) is 5.51. The Hall–Kier alpha value is -0.500. The smallest absolute Gasteiger partial charge is 0.212 e. The van der Waals surface area contributed by atoms with E-state index in [9.17, 15) is 8.42 Å². The van der Waals surface area contributed by atoms with Crippen molar-refractivity contribution < 1.29 is 8.42 Å². The van der Waals surface area contributed by atoms with Gasteiger partial charge in [-0.15, -0.1) is 11.3 Å². The Balaban J connectivity index is 2.52. The van der Waals surface area contributed by atoms with Crippen LogP contribution in [-0.2, 0) is 10.0 Å². The number of aromatic nitrogens is 1. The monoisotopic (exact) mass is 277 g/mol. The lowest BCUT2D eigenvalue weighted by atomic mass is 10.4. The topological polar surface area (TPSA) is 71.1 Å². The van der Waals surface area contributed by atoms with Gasteiger partial charge in [-0.1, -0.05) is 0 Å². The van der Waals surface area contributed by atoms with Gasteiger partial charge in [-0.3, -0.25) is 0 Å². The summed E-state index contributed by atoms with van der Waals surface area (Å²) in [5.41, 5.74) is 0. The number of sulfonamides is 1. The molecule has 1 unspecified atom stereocenters. The van der Waals surface area contributed by atoms with Gasteiger partial charge in [0, 0.05) is 11.1 Å². The molecule has 7 heteroatoms. The predicted octanol–water partition coefficient (Wildman–Crippen LogP) is 1.04. The number of nitrogens with one attached hydrogen (secondary N) is 2. The molecule has 0 spiro atoms. The van der Waals surface area contributed by atoms with Crippen LogP contribution >= 0.6 is 11.3 Å². The van der Waals surface area contributed by atoms with Gasteiger partial charge >= 0.3 is 0 Å². The number of hydrogen-bond acceptors (Lipinski definition) is 5. The highest BCUT2D eigenvalue weighted by molar-refractivity contribution is 7.89. The molecule has 2 N–H and O–H groups in total. The minimum absolute atomic E-state index is 0.141. The highest BCUT2D eigenvalue weighted by atomic mass is 32.2. The van der Waals surface area contributed by atoms with Crippen molar-refractivity contribution in [3.63, 3.8) is 0 Å². The van der Waals surface area contributed by atoms with Gasteiger partial charge < -0.3 is 5.32 Å². The molecule has 0 aromatic carbocycles. The van der Waals surface area contributed by atoms with Crippen LogP contribution in [0.3, 0.4) is 0 Å². The van der Waals surface area contributed by atoms with E-state index in [1.165, 1.54) is 11.3 Å². The number of rotatable bonds is 7. The molecule has 0 aliphatic carbocycles. The fourth-order valence-corrected chi connectivity index (χ4v) is 3.53. The summed E-state index contributed by atoms with van der Waals surface area (Å²) >= 11 is 1.51. The van der Waals surface area contributed by atoms with Crippen molar-refractivity contribution in [2.45, 2.75) is 26.3 Å². The Bertz CT molecular complexity index is 442. The fraction of sp³-hybridized carbons (Fsp3) is 0.700. The van der Waals surface area contributed by atoms with Crippen LogP contribution in [0.4, 0.5) is 0 Å². The molecule has 0 saturated carbocycles. The van der Waals surface area contributed by atoms with Gasteiger partial charge in [-0.25, -0.2) is 18.1 Å². The van der Waals surface area contributed by atoms with Gasteiger partial charge in [-0.05, 0) is 33.9 Å². The molecule has 0 bridgehead atoms. The number of hydrogen-bond donors (Lipinski definition) is 2. The zero-order valence-corrected chi connectivity index (χ0v) is 12.0. The standard InChI is InChI=1S/C10H19N3O2S2/c1-8-7-12-10(16-8)9(2)13-17(14,15)6-4-5-11-3/h7,9,11,13H,4-6H2,1-3H3. The Morgan fingerprint density at radius 3 is 2.76 bits per heavy atom. The zero-order valence-electron chi connectivity index (χ0n) is 10.4. The van der Waals surface area contributed by atoms with Crippen molar-refractivity contribution in [2.24, 2.45) is 0 Å². The molecular weight excluding hydrogens is 258 g/mol. The molecule has 1 heterocycles. The summed E-state index contributed by atoms with van der Waals surface area (Å²) in [5.74, 6) is 0.141. The molecule has 5 nitrogen and oxygen atoms in total. The second-order valence-corrected chi connectivity index (χ2v) is 7.06. The molecule has 1 aromatic rings. The van der Waals surface area contributed by atoms with E-state index in [0.717, 1.165) is 9.88 Å². The lowest BCUT2D eigenvalue weighted by molar-refractivity contribution is 0.562. The highest BCUT2D eigenvalue weighted by Gasteiger charge is 2.17. The third-order valence-corrected chi connectivity index (χ3v) is 4.84. The largest absolute Gasteiger partial charge is 0.320 e. The maximum atomic E-state index is 11.7. The maximum Gasteiger partial charge on any atom is 0.212 e. The molecule has 0 radical (unpaired) electrons. The van der Waals surface area contributed by atoms with E-state index in [1.54, 1.807) is 13.2 Å². The number of nitrogens with zero attached hydrogens (tertiary/aromatic N) is 1. The van der Waals surface area contributed by atoms with Gasteiger partial charge in [0.25, 0.3) is 0 Å². The first-order chi connectivity index (χ1) is 7.94. The van der Waals surface area contributed by atoms with Gasteiger partial charge in [0.1, 0.15) is 5.01 Å². The Morgan fingerprint density at radius 2 is 2.24 bits per heavy atom. The van der Waals surface area contributed by atoms with Crippen molar-refractivity contribution >= 4 is 21.4 Å². The van der Waals surface area contributed by atoms with Crippen molar-refractivity contribution in [1.29, 1.82) is 0 Å². The molecule has 17 heavy (non-hydrogen) atoms. The summed E-state index contributed by atoms with van der Waals surface area (Å²) in [4.78, 5) is 5.26. The van der Waals surface area contributed by atoms with Gasteiger partial charge in [-0.2, -0.15) is 0 Å². The van der Waals surface area contributed by atoms with Crippen molar-refractivity contribution in [2.75, 3.05) is 19.3 Å². The summed E-state index contributed by atoms with van der Waals surface area (Å²) < 4.78 is 26.1. The lowest BCUT2D eigenvalue weighted by Crippen LogP contribution is -2.30. The van der Waals surface area contributed by atoms with E-state index >= 15 is 0 Å². The third kappa shape index (κ3) is 5.12. The second-order valence-electron chi connectivity index (χ2n) is 3.92. The molecule has 1 atom stereocenters. The molecule has 0 saturated heterocycles. The predicted molar refractivity (Wildman–Crippen MR) is 70.7 cm³/mol. The minimum Gasteiger partial charge on any atom is -0.320 e. The van der Waals surface area contributed by atoms with E-state index in [-0.39, 0.29) is 11.8 Å². The molecule has 1 aromatic heterocycles. The number of thiazole rings is 1. The summed E-state index contributed by atoms with van der Waals surface area (Å²) in [5, 5.41) is 3.73. The summed E-state index contributed by atoms with van der Waals surface area (Å²) in [6.07, 6.45) is 2.36. The van der Waals surface area contributed by atoms with Crippen molar-refractivity contribution in [3.8, 4) is 0 Å². The molecular formula is C10H19N3O2S2. The average molecular weight is 277 g/mol. The molecule has 1 rings (SSSR count). The first-order valence-corrected chi connectivity index (χ1v) is 7.98. The molecule has 0 aliphatic heterocycles. The van der Waals surface area contributed by atoms with Crippen LogP contribution in [0.2, 0.25) is 0 Å². The molecule has 0 fully saturated rings. The Kier molecular flexibility index (Phi) is 5.51. The van der Waals surface area contributed by atoms with Crippen LogP contribution in [0.15, 0.2) is 6.20 Å². The van der Waals surface area contributed by atoms with Gasteiger partial charge in [0.2, 0.25) is 10.0 Å². The third-order valence-electron chi connectivity index (χ3n) is 2.21. The molecule has 0 amide bonds. The van der Waals surface area contributed by atoms with Crippen LogP contribution < -0.4 is 10.0 Å². The van der Waals surface area contributed by atoms with E-state index in [2.05, 4.69) is 15.0 Å². The van der Waals surface area contributed by atoms with Crippen molar-refractivity contribution in [1.82, 2.24) is 15.0 Å². The van der Waals surface area contributed by atoms with Gasteiger partial charge in [0.05, 0.1) is 11.8 Å². The fourth-order valence-electron chi connectivity index (χ4n) is 1.39. The maximum absolute atomic E-state index is 11.7. The quantitative estimate of drug-likeness (QED) is 0.731. The van der Waals surface area contributed by atoms with E-state index in [1.807, 2.05) is 13.8 Å². The van der Waals surface area contributed by atoms with Crippen LogP contribution in [0.1, 0.15) is 29.3 Å². The molecule has 0 aliphatic rings. The van der Waals surface area contributed by atoms with E-state index in [4.69, 9.17) is 0 Å². The SMILES string of the molecule is CNCCCS(=O)(=O)NC(C)c1ncc(C)s1. The van der Waals surface area contributed by atoms with Crippen LogP contribution in [0, 0.1) is 6.92 Å². The van der Waals surface area contributed by atoms with Crippen molar-refractivity contribution in [3.05, 3.63) is 16.1 Å². The lowest BCUT2D eigenvalue weighted by Gasteiger charge is -2.11. The van der Waals surface area contributed by atoms with E-state index < -0.39 is 10.0 Å². The Morgan fingerprint density at radius 1 is 1.53 bits per heavy atom. The minimum atomic E-state index is -3.22. The molecule has 98 valence electrons. The summed E-state index contributed by atoms with van der Waals surface area (Å²) in [6.45, 7) is 4.47. The first kappa shape index (κ1) is 14.6. The zero-order chi connectivity index (χ0) is 12.9.